The zero-order valence-electron chi connectivity index (χ0n) is 12.0. The molecule has 0 spiro atoms. The van der Waals surface area contributed by atoms with Crippen molar-refractivity contribution < 1.29 is 9.13 Å². The first-order valence-electron chi connectivity index (χ1n) is 7.21. The lowest BCUT2D eigenvalue weighted by atomic mass is 10.0. The third-order valence-corrected chi connectivity index (χ3v) is 4.89. The molecule has 0 atom stereocenters. The Balaban J connectivity index is 1.93. The van der Waals surface area contributed by atoms with E-state index in [9.17, 15) is 4.39 Å². The highest BCUT2D eigenvalue weighted by Crippen LogP contribution is 2.32. The molecule has 21 heavy (non-hydrogen) atoms. The van der Waals surface area contributed by atoms with Crippen LogP contribution in [0.25, 0.3) is 11.3 Å². The Morgan fingerprint density at radius 1 is 1.29 bits per heavy atom. The summed E-state index contributed by atoms with van der Waals surface area (Å²) in [5, 5.41) is 4.64. The molecule has 3 rings (SSSR count). The fourth-order valence-electron chi connectivity index (χ4n) is 2.75. The monoisotopic (exact) mass is 352 g/mol. The van der Waals surface area contributed by atoms with Crippen molar-refractivity contribution in [1.82, 2.24) is 9.78 Å². The van der Waals surface area contributed by atoms with E-state index >= 15 is 0 Å². The van der Waals surface area contributed by atoms with Gasteiger partial charge in [-0.1, -0.05) is 0 Å². The van der Waals surface area contributed by atoms with Crippen LogP contribution in [0, 0.1) is 18.7 Å². The maximum atomic E-state index is 13.1. The van der Waals surface area contributed by atoms with E-state index in [2.05, 4.69) is 21.0 Å². The van der Waals surface area contributed by atoms with E-state index in [0.29, 0.717) is 5.92 Å². The molecule has 1 aliphatic rings. The number of ether oxygens (including phenoxy) is 1. The molecule has 0 unspecified atom stereocenters. The maximum Gasteiger partial charge on any atom is 0.123 e. The average molecular weight is 353 g/mol. The van der Waals surface area contributed by atoms with Crippen molar-refractivity contribution in [1.29, 1.82) is 0 Å². The van der Waals surface area contributed by atoms with Crippen molar-refractivity contribution in [2.75, 3.05) is 13.2 Å². The van der Waals surface area contributed by atoms with Gasteiger partial charge in [0.25, 0.3) is 0 Å². The molecule has 1 aromatic carbocycles. The summed E-state index contributed by atoms with van der Waals surface area (Å²) in [5.74, 6) is 0.367. The smallest absolute Gasteiger partial charge is 0.123 e. The van der Waals surface area contributed by atoms with Gasteiger partial charge >= 0.3 is 0 Å². The lowest BCUT2D eigenvalue weighted by Gasteiger charge is -2.22. The van der Waals surface area contributed by atoms with Gasteiger partial charge in [-0.05, 0) is 65.9 Å². The highest BCUT2D eigenvalue weighted by molar-refractivity contribution is 9.10. The normalized spacial score (nSPS) is 16.3. The zero-order chi connectivity index (χ0) is 14.8. The minimum Gasteiger partial charge on any atom is -0.381 e. The first-order chi connectivity index (χ1) is 10.1. The molecule has 2 aromatic rings. The largest absolute Gasteiger partial charge is 0.381 e. The Kier molecular flexibility index (Phi) is 4.40. The van der Waals surface area contributed by atoms with Gasteiger partial charge in [0.2, 0.25) is 0 Å². The summed E-state index contributed by atoms with van der Waals surface area (Å²) in [6.45, 7) is 4.52. The van der Waals surface area contributed by atoms with Gasteiger partial charge in [-0.15, -0.1) is 0 Å². The van der Waals surface area contributed by atoms with Crippen molar-refractivity contribution >= 4 is 15.9 Å². The molecule has 5 heteroatoms. The fraction of sp³-hybridized carbons (Fsp3) is 0.438. The SMILES string of the molecule is Cc1nn(CC2CCOCC2)c(-c2ccc(F)cc2)c1Br. The highest BCUT2D eigenvalue weighted by Gasteiger charge is 2.20. The second kappa shape index (κ2) is 6.28. The quantitative estimate of drug-likeness (QED) is 0.828. The van der Waals surface area contributed by atoms with Gasteiger partial charge in [0.1, 0.15) is 5.82 Å². The van der Waals surface area contributed by atoms with E-state index < -0.39 is 0 Å². The van der Waals surface area contributed by atoms with Crippen LogP contribution in [0.3, 0.4) is 0 Å². The van der Waals surface area contributed by atoms with E-state index in [4.69, 9.17) is 4.74 Å². The number of aryl methyl sites for hydroxylation is 1. The van der Waals surface area contributed by atoms with Crippen LogP contribution in [0.1, 0.15) is 18.5 Å². The molecule has 3 nitrogen and oxygen atoms in total. The highest BCUT2D eigenvalue weighted by atomic mass is 79.9. The second-order valence-electron chi connectivity index (χ2n) is 5.49. The number of hydrogen-bond acceptors (Lipinski definition) is 2. The molecule has 1 aliphatic heterocycles. The lowest BCUT2D eigenvalue weighted by Crippen LogP contribution is -2.21. The van der Waals surface area contributed by atoms with Gasteiger partial charge in [-0.3, -0.25) is 4.68 Å². The average Bonchev–Trinajstić information content (AvgIpc) is 2.76. The van der Waals surface area contributed by atoms with Crippen molar-refractivity contribution in [2.24, 2.45) is 5.92 Å². The Morgan fingerprint density at radius 2 is 1.95 bits per heavy atom. The predicted octanol–water partition coefficient (Wildman–Crippen LogP) is 4.19. The lowest BCUT2D eigenvalue weighted by molar-refractivity contribution is 0.0603. The summed E-state index contributed by atoms with van der Waals surface area (Å²) in [4.78, 5) is 0. The number of benzene rings is 1. The van der Waals surface area contributed by atoms with Crippen LogP contribution in [0.4, 0.5) is 4.39 Å². The molecule has 112 valence electrons. The number of aromatic nitrogens is 2. The number of nitrogens with zero attached hydrogens (tertiary/aromatic N) is 2. The van der Waals surface area contributed by atoms with Crippen molar-refractivity contribution in [3.05, 3.63) is 40.2 Å². The molecule has 1 aromatic heterocycles. The number of hydrogen-bond donors (Lipinski definition) is 0. The minimum atomic E-state index is -0.220. The van der Waals surface area contributed by atoms with E-state index in [1.165, 1.54) is 12.1 Å². The molecule has 2 heterocycles. The molecule has 0 saturated carbocycles. The van der Waals surface area contributed by atoms with Crippen molar-refractivity contribution in [3.8, 4) is 11.3 Å². The van der Waals surface area contributed by atoms with Crippen LogP contribution < -0.4 is 0 Å². The molecule has 0 radical (unpaired) electrons. The van der Waals surface area contributed by atoms with Crippen molar-refractivity contribution in [3.63, 3.8) is 0 Å². The van der Waals surface area contributed by atoms with Crippen LogP contribution in [-0.2, 0) is 11.3 Å². The fourth-order valence-corrected chi connectivity index (χ4v) is 3.26. The summed E-state index contributed by atoms with van der Waals surface area (Å²) >= 11 is 3.62. The van der Waals surface area contributed by atoms with Crippen LogP contribution in [0.2, 0.25) is 0 Å². The topological polar surface area (TPSA) is 27.1 Å². The summed E-state index contributed by atoms with van der Waals surface area (Å²) in [6, 6.07) is 6.58. The van der Waals surface area contributed by atoms with Crippen LogP contribution in [-0.4, -0.2) is 23.0 Å². The summed E-state index contributed by atoms with van der Waals surface area (Å²) in [7, 11) is 0. The molecule has 1 fully saturated rings. The Bertz CT molecular complexity index is 618. The van der Waals surface area contributed by atoms with E-state index in [-0.39, 0.29) is 5.82 Å². The molecule has 1 saturated heterocycles. The summed E-state index contributed by atoms with van der Waals surface area (Å²) in [6.07, 6.45) is 2.14. The van der Waals surface area contributed by atoms with Gasteiger partial charge < -0.3 is 4.74 Å². The Morgan fingerprint density at radius 3 is 2.62 bits per heavy atom. The van der Waals surface area contributed by atoms with Gasteiger partial charge in [0, 0.05) is 25.3 Å². The van der Waals surface area contributed by atoms with Gasteiger partial charge in [0.15, 0.2) is 0 Å². The van der Waals surface area contributed by atoms with E-state index in [0.717, 1.165) is 54.0 Å². The Labute approximate surface area is 132 Å². The molecular formula is C16H18BrFN2O. The molecule has 0 amide bonds. The first kappa shape index (κ1) is 14.7. The standard InChI is InChI=1S/C16H18BrFN2O/c1-11-15(17)16(13-2-4-14(18)5-3-13)20(19-11)10-12-6-8-21-9-7-12/h2-5,12H,6-10H2,1H3. The van der Waals surface area contributed by atoms with Crippen molar-refractivity contribution in [2.45, 2.75) is 26.3 Å². The Hall–Kier alpha value is -1.20. The predicted molar refractivity (Wildman–Crippen MR) is 83.6 cm³/mol. The minimum absolute atomic E-state index is 0.220. The first-order valence-corrected chi connectivity index (χ1v) is 8.01. The molecule has 0 bridgehead atoms. The van der Waals surface area contributed by atoms with Gasteiger partial charge in [-0.2, -0.15) is 5.10 Å². The van der Waals surface area contributed by atoms with Gasteiger partial charge in [0.05, 0.1) is 15.9 Å². The molecule has 0 N–H and O–H groups in total. The van der Waals surface area contributed by atoms with E-state index in [1.54, 1.807) is 12.1 Å². The third-order valence-electron chi connectivity index (χ3n) is 3.94. The summed E-state index contributed by atoms with van der Waals surface area (Å²) in [5.41, 5.74) is 2.97. The third kappa shape index (κ3) is 3.19. The number of rotatable bonds is 3. The maximum absolute atomic E-state index is 13.1. The van der Waals surface area contributed by atoms with E-state index in [1.807, 2.05) is 11.6 Å². The second-order valence-corrected chi connectivity index (χ2v) is 6.29. The summed E-state index contributed by atoms with van der Waals surface area (Å²) < 4.78 is 21.6. The number of halogens is 2. The van der Waals surface area contributed by atoms with Crippen LogP contribution in [0.15, 0.2) is 28.7 Å². The van der Waals surface area contributed by atoms with Crippen LogP contribution in [0.5, 0.6) is 0 Å². The molecular weight excluding hydrogens is 335 g/mol. The molecule has 0 aliphatic carbocycles. The van der Waals surface area contributed by atoms with Crippen LogP contribution >= 0.6 is 15.9 Å². The van der Waals surface area contributed by atoms with Gasteiger partial charge in [-0.25, -0.2) is 4.39 Å². The zero-order valence-corrected chi connectivity index (χ0v) is 13.6.